The maximum atomic E-state index is 11.9. The van der Waals surface area contributed by atoms with Gasteiger partial charge >= 0.3 is 11.9 Å². The molecule has 0 spiro atoms. The highest BCUT2D eigenvalue weighted by molar-refractivity contribution is 5.89. The Balaban J connectivity index is 1.58. The Morgan fingerprint density at radius 2 is 0.845 bits per heavy atom. The number of benzene rings is 4. The van der Waals surface area contributed by atoms with Gasteiger partial charge in [-0.2, -0.15) is 10.2 Å². The zero-order valence-corrected chi connectivity index (χ0v) is 34.6. The smallest absolute Gasteiger partial charge is 0.338 e. The summed E-state index contributed by atoms with van der Waals surface area (Å²) in [5.41, 5.74) is 4.88. The summed E-state index contributed by atoms with van der Waals surface area (Å²) in [6.45, 7) is 16.0. The maximum Gasteiger partial charge on any atom is 0.338 e. The van der Waals surface area contributed by atoms with Gasteiger partial charge in [0.05, 0.1) is 24.6 Å². The van der Waals surface area contributed by atoms with Crippen LogP contribution in [0.3, 0.4) is 0 Å². The first-order valence-electron chi connectivity index (χ1n) is 20.5. The molecule has 10 heteroatoms. The van der Waals surface area contributed by atoms with E-state index in [1.54, 1.807) is 62.4 Å². The first kappa shape index (κ1) is 44.8. The van der Waals surface area contributed by atoms with Crippen molar-refractivity contribution in [1.82, 2.24) is 0 Å². The Labute approximate surface area is 344 Å². The number of rotatable bonds is 25. The lowest BCUT2D eigenvalue weighted by molar-refractivity contribution is -0.130. The van der Waals surface area contributed by atoms with Crippen LogP contribution in [0.1, 0.15) is 105 Å². The molecule has 0 atom stereocenters. The molecule has 4 rings (SSSR count). The third-order valence-corrected chi connectivity index (χ3v) is 9.10. The van der Waals surface area contributed by atoms with E-state index in [4.69, 9.17) is 18.9 Å². The van der Waals surface area contributed by atoms with Gasteiger partial charge in [0, 0.05) is 11.1 Å². The van der Waals surface area contributed by atoms with Crippen molar-refractivity contribution in [1.29, 1.82) is 0 Å². The Bertz CT molecular complexity index is 1860. The number of ether oxygens (including phenoxy) is 4. The number of unbranched alkanes of at least 4 members (excludes halogenated alkanes) is 10. The molecule has 306 valence electrons. The molecule has 0 unspecified atom stereocenters. The lowest BCUT2D eigenvalue weighted by Crippen LogP contribution is -2.07. The van der Waals surface area contributed by atoms with Gasteiger partial charge in [-0.05, 0) is 111 Å². The lowest BCUT2D eigenvalue weighted by Gasteiger charge is -2.13. The number of hydrogen-bond acceptors (Lipinski definition) is 10. The van der Waals surface area contributed by atoms with E-state index >= 15 is 0 Å². The molecular formula is C48H58N4O6. The summed E-state index contributed by atoms with van der Waals surface area (Å²) in [6.07, 6.45) is 13.8. The second kappa shape index (κ2) is 24.7. The van der Waals surface area contributed by atoms with E-state index in [0.717, 1.165) is 36.8 Å². The first-order valence-corrected chi connectivity index (χ1v) is 20.5. The summed E-state index contributed by atoms with van der Waals surface area (Å²) in [5.74, 6) is 1.09. The molecule has 0 heterocycles. The first-order chi connectivity index (χ1) is 28.2. The largest absolute Gasteiger partial charge is 0.491 e. The van der Waals surface area contributed by atoms with Gasteiger partial charge in [-0.1, -0.05) is 103 Å². The van der Waals surface area contributed by atoms with E-state index in [0.29, 0.717) is 70.1 Å². The molecule has 58 heavy (non-hydrogen) atoms. The molecule has 0 aliphatic carbocycles. The summed E-state index contributed by atoms with van der Waals surface area (Å²) in [7, 11) is 0. The van der Waals surface area contributed by atoms with Crippen molar-refractivity contribution in [3.8, 4) is 34.1 Å². The van der Waals surface area contributed by atoms with Crippen LogP contribution >= 0.6 is 0 Å². The highest BCUT2D eigenvalue weighted by Crippen LogP contribution is 2.38. The molecule has 0 aliphatic heterocycles. The number of nitrogens with zero attached hydrogens (tertiary/aromatic N) is 4. The minimum Gasteiger partial charge on any atom is -0.491 e. The van der Waals surface area contributed by atoms with Crippen molar-refractivity contribution in [3.63, 3.8) is 0 Å². The minimum absolute atomic E-state index is 0.323. The summed E-state index contributed by atoms with van der Waals surface area (Å²) < 4.78 is 23.3. The normalized spacial score (nSPS) is 11.2. The molecule has 0 fully saturated rings. The van der Waals surface area contributed by atoms with Gasteiger partial charge in [-0.3, -0.25) is 0 Å². The summed E-state index contributed by atoms with van der Waals surface area (Å²) in [5, 5.41) is 18.0. The van der Waals surface area contributed by atoms with Crippen molar-refractivity contribution in [2.45, 2.75) is 105 Å². The standard InChI is InChI=1S/C48H58N4O6/c1-7-9-11-13-15-17-31-55-45-33-37(19-29-43(45)51-49-39-21-25-41(26-22-39)57-47(53)35(3)4)38-20-30-44(46(34-38)56-32-18-16-14-12-10-8-2)52-50-40-23-27-42(28-24-40)58-48(54)36(5)6/h19-30,33-34H,3,5,7-18,31-32H2,1-2,4,6H3. The molecular weight excluding hydrogens is 729 g/mol. The SMILES string of the molecule is C=C(C)C(=O)Oc1ccc(N=Nc2ccc(-c3ccc(N=Nc4ccc(OC(=O)C(=C)C)cc4)c(OCCCCCCCC)c3)cc2OCCCCCCCC)cc1. The third kappa shape index (κ3) is 15.6. The molecule has 4 aromatic carbocycles. The fraction of sp³-hybridized carbons (Fsp3) is 0.375. The van der Waals surface area contributed by atoms with Gasteiger partial charge < -0.3 is 18.9 Å². The van der Waals surface area contributed by atoms with Gasteiger partial charge in [0.2, 0.25) is 0 Å². The van der Waals surface area contributed by atoms with Gasteiger partial charge in [-0.15, -0.1) is 10.2 Å². The van der Waals surface area contributed by atoms with Crippen LogP contribution in [0.15, 0.2) is 130 Å². The molecule has 0 radical (unpaired) electrons. The Morgan fingerprint density at radius 1 is 0.483 bits per heavy atom. The molecule has 4 aromatic rings. The number of esters is 2. The highest BCUT2D eigenvalue weighted by Gasteiger charge is 2.12. The Kier molecular flexibility index (Phi) is 19.1. The number of hydrogen-bond donors (Lipinski definition) is 0. The number of carbonyl (C=O) groups is 2. The van der Waals surface area contributed by atoms with E-state index in [9.17, 15) is 9.59 Å². The summed E-state index contributed by atoms with van der Waals surface area (Å²) >= 11 is 0. The van der Waals surface area contributed by atoms with Gasteiger partial charge in [0.1, 0.15) is 34.4 Å². The van der Waals surface area contributed by atoms with Crippen molar-refractivity contribution >= 4 is 34.7 Å². The zero-order valence-electron chi connectivity index (χ0n) is 34.6. The minimum atomic E-state index is -0.482. The number of carbonyl (C=O) groups excluding carboxylic acids is 2. The molecule has 0 N–H and O–H groups in total. The van der Waals surface area contributed by atoms with Crippen molar-refractivity contribution in [2.24, 2.45) is 20.5 Å². The van der Waals surface area contributed by atoms with Crippen LogP contribution < -0.4 is 18.9 Å². The molecule has 0 aliphatic rings. The maximum absolute atomic E-state index is 11.9. The van der Waals surface area contributed by atoms with Crippen molar-refractivity contribution in [3.05, 3.63) is 109 Å². The van der Waals surface area contributed by atoms with Crippen LogP contribution in [0.4, 0.5) is 22.7 Å². The van der Waals surface area contributed by atoms with Crippen LogP contribution in [0.2, 0.25) is 0 Å². The quantitative estimate of drug-likeness (QED) is 0.0217. The lowest BCUT2D eigenvalue weighted by atomic mass is 10.0. The van der Waals surface area contributed by atoms with Crippen LogP contribution in [0.25, 0.3) is 11.1 Å². The number of azo groups is 2. The fourth-order valence-electron chi connectivity index (χ4n) is 5.69. The third-order valence-electron chi connectivity index (χ3n) is 9.10. The predicted octanol–water partition coefficient (Wildman–Crippen LogP) is 14.6. The highest BCUT2D eigenvalue weighted by atomic mass is 16.5. The second-order valence-electron chi connectivity index (χ2n) is 14.3. The van der Waals surface area contributed by atoms with Gasteiger partial charge in [0.15, 0.2) is 0 Å². The van der Waals surface area contributed by atoms with Crippen LogP contribution in [-0.2, 0) is 9.59 Å². The summed E-state index contributed by atoms with van der Waals surface area (Å²) in [6, 6.07) is 25.4. The monoisotopic (exact) mass is 786 g/mol. The van der Waals surface area contributed by atoms with E-state index in [-0.39, 0.29) is 0 Å². The Hall–Kier alpha value is -5.90. The van der Waals surface area contributed by atoms with E-state index in [1.165, 1.54) is 51.4 Å². The topological polar surface area (TPSA) is 120 Å². The average Bonchev–Trinajstić information content (AvgIpc) is 3.22. The average molecular weight is 787 g/mol. The van der Waals surface area contributed by atoms with E-state index in [1.807, 2.05) is 36.4 Å². The fourth-order valence-corrected chi connectivity index (χ4v) is 5.69. The molecule has 0 saturated heterocycles. The van der Waals surface area contributed by atoms with E-state index in [2.05, 4.69) is 47.5 Å². The summed E-state index contributed by atoms with van der Waals surface area (Å²) in [4.78, 5) is 23.8. The zero-order chi connectivity index (χ0) is 41.5. The van der Waals surface area contributed by atoms with Crippen molar-refractivity contribution in [2.75, 3.05) is 13.2 Å². The molecule has 0 bridgehead atoms. The second-order valence-corrected chi connectivity index (χ2v) is 14.3. The van der Waals surface area contributed by atoms with Crippen LogP contribution in [0.5, 0.6) is 23.0 Å². The Morgan fingerprint density at radius 3 is 1.21 bits per heavy atom. The predicted molar refractivity (Wildman–Crippen MR) is 232 cm³/mol. The van der Waals surface area contributed by atoms with Crippen LogP contribution in [0, 0.1) is 0 Å². The van der Waals surface area contributed by atoms with Crippen LogP contribution in [-0.4, -0.2) is 25.2 Å². The van der Waals surface area contributed by atoms with Gasteiger partial charge in [-0.25, -0.2) is 9.59 Å². The molecule has 0 saturated carbocycles. The van der Waals surface area contributed by atoms with Gasteiger partial charge in [0.25, 0.3) is 0 Å². The molecule has 0 amide bonds. The van der Waals surface area contributed by atoms with Crippen molar-refractivity contribution < 1.29 is 28.5 Å². The molecule has 10 nitrogen and oxygen atoms in total. The van der Waals surface area contributed by atoms with E-state index < -0.39 is 11.9 Å². The molecule has 0 aromatic heterocycles.